The Morgan fingerprint density at radius 3 is 2.38 bits per heavy atom. The van der Waals surface area contributed by atoms with Gasteiger partial charge in [-0.3, -0.25) is 9.79 Å². The maximum Gasteiger partial charge on any atom is 0.308 e. The molecule has 0 saturated carbocycles. The number of hydrogen-bond donors (Lipinski definition) is 2. The third kappa shape index (κ3) is 7.04. The highest BCUT2D eigenvalue weighted by atomic mass is 32.2. The summed E-state index contributed by atoms with van der Waals surface area (Å²) in [6.45, 7) is 8.04. The number of piperidine rings is 1. The highest BCUT2D eigenvalue weighted by Gasteiger charge is 2.28. The topological polar surface area (TPSA) is 100 Å². The molecule has 8 nitrogen and oxygen atoms in total. The van der Waals surface area contributed by atoms with Gasteiger partial charge in [0.25, 0.3) is 0 Å². The molecule has 1 fully saturated rings. The van der Waals surface area contributed by atoms with Crippen molar-refractivity contribution >= 4 is 22.0 Å². The fraction of sp³-hybridized carbons (Fsp3) is 0.867. The summed E-state index contributed by atoms with van der Waals surface area (Å²) in [4.78, 5) is 18.3. The predicted molar refractivity (Wildman–Crippen MR) is 94.4 cm³/mol. The second-order valence-corrected chi connectivity index (χ2v) is 8.46. The van der Waals surface area contributed by atoms with Crippen LogP contribution in [0, 0.1) is 5.92 Å². The van der Waals surface area contributed by atoms with Crippen LogP contribution < -0.4 is 10.0 Å². The van der Waals surface area contributed by atoms with Gasteiger partial charge in [0.15, 0.2) is 5.96 Å². The number of hydrogen-bond acceptors (Lipinski definition) is 5. The number of esters is 1. The van der Waals surface area contributed by atoms with E-state index >= 15 is 0 Å². The van der Waals surface area contributed by atoms with E-state index in [1.807, 2.05) is 6.92 Å². The lowest BCUT2D eigenvalue weighted by atomic mass is 9.97. The van der Waals surface area contributed by atoms with E-state index in [4.69, 9.17) is 4.74 Å². The van der Waals surface area contributed by atoms with E-state index in [0.29, 0.717) is 19.6 Å². The van der Waals surface area contributed by atoms with Crippen LogP contribution in [0.25, 0.3) is 0 Å². The molecular formula is C15H30N4O4S. The van der Waals surface area contributed by atoms with Crippen LogP contribution in [0.15, 0.2) is 4.99 Å². The maximum atomic E-state index is 11.6. The fourth-order valence-corrected chi connectivity index (χ4v) is 3.79. The first-order valence-electron chi connectivity index (χ1n) is 8.18. The number of guanidine groups is 1. The van der Waals surface area contributed by atoms with Gasteiger partial charge in [-0.15, -0.1) is 0 Å². The Balaban J connectivity index is 2.72. The van der Waals surface area contributed by atoms with Crippen molar-refractivity contribution in [1.29, 1.82) is 0 Å². The van der Waals surface area contributed by atoms with Gasteiger partial charge in [-0.25, -0.2) is 13.1 Å². The second kappa shape index (κ2) is 8.66. The minimum atomic E-state index is -3.29. The van der Waals surface area contributed by atoms with Gasteiger partial charge in [0.05, 0.1) is 25.8 Å². The van der Waals surface area contributed by atoms with Crippen LogP contribution in [0.4, 0.5) is 0 Å². The van der Waals surface area contributed by atoms with Crippen molar-refractivity contribution in [2.75, 3.05) is 39.5 Å². The molecule has 1 rings (SSSR count). The molecule has 9 heteroatoms. The molecule has 1 saturated heterocycles. The van der Waals surface area contributed by atoms with Crippen LogP contribution in [0.1, 0.15) is 33.6 Å². The van der Waals surface area contributed by atoms with Gasteiger partial charge >= 0.3 is 5.97 Å². The SMILES string of the molecule is CCNC(=NCC(C)(C)NS(C)(=O)=O)N1CCC(C(=O)OC)CC1. The maximum absolute atomic E-state index is 11.6. The molecule has 1 aliphatic rings. The van der Waals surface area contributed by atoms with Gasteiger partial charge in [0.2, 0.25) is 10.0 Å². The van der Waals surface area contributed by atoms with Crippen molar-refractivity contribution in [2.45, 2.75) is 39.2 Å². The Bertz CT molecular complexity index is 552. The van der Waals surface area contributed by atoms with Crippen LogP contribution in [-0.2, 0) is 19.6 Å². The zero-order valence-corrected chi connectivity index (χ0v) is 16.1. The van der Waals surface area contributed by atoms with Crippen molar-refractivity contribution in [3.05, 3.63) is 0 Å². The first-order chi connectivity index (χ1) is 11.1. The number of nitrogens with one attached hydrogen (secondary N) is 2. The molecule has 24 heavy (non-hydrogen) atoms. The number of methoxy groups -OCH3 is 1. The van der Waals surface area contributed by atoms with Crippen molar-refractivity contribution in [3.63, 3.8) is 0 Å². The average Bonchev–Trinajstić information content (AvgIpc) is 2.48. The van der Waals surface area contributed by atoms with Crippen LogP contribution in [0.2, 0.25) is 0 Å². The highest BCUT2D eigenvalue weighted by Crippen LogP contribution is 2.18. The number of sulfonamides is 1. The molecule has 0 unspecified atom stereocenters. The van der Waals surface area contributed by atoms with Crippen molar-refractivity contribution < 1.29 is 17.9 Å². The number of ether oxygens (including phenoxy) is 1. The largest absolute Gasteiger partial charge is 0.469 e. The number of nitrogens with zero attached hydrogens (tertiary/aromatic N) is 2. The third-order valence-corrected chi connectivity index (χ3v) is 4.67. The first-order valence-corrected chi connectivity index (χ1v) is 10.1. The van der Waals surface area contributed by atoms with Crippen LogP contribution in [-0.4, -0.2) is 70.3 Å². The van der Waals surface area contributed by atoms with E-state index in [1.54, 1.807) is 13.8 Å². The summed E-state index contributed by atoms with van der Waals surface area (Å²) < 4.78 is 30.2. The monoisotopic (exact) mass is 362 g/mol. The van der Waals surface area contributed by atoms with Crippen molar-refractivity contribution in [2.24, 2.45) is 10.9 Å². The smallest absolute Gasteiger partial charge is 0.308 e. The van der Waals surface area contributed by atoms with E-state index < -0.39 is 15.6 Å². The van der Waals surface area contributed by atoms with Crippen LogP contribution in [0.3, 0.4) is 0 Å². The zero-order valence-electron chi connectivity index (χ0n) is 15.3. The summed E-state index contributed by atoms with van der Waals surface area (Å²) in [6.07, 6.45) is 2.59. The molecule has 0 aromatic carbocycles. The molecule has 0 aromatic heterocycles. The number of carbonyl (C=O) groups excluding carboxylic acids is 1. The molecule has 0 spiro atoms. The molecule has 0 aromatic rings. The van der Waals surface area contributed by atoms with Crippen molar-refractivity contribution in [3.8, 4) is 0 Å². The lowest BCUT2D eigenvalue weighted by molar-refractivity contribution is -0.146. The average molecular weight is 362 g/mol. The van der Waals surface area contributed by atoms with E-state index in [2.05, 4.69) is 19.9 Å². The quantitative estimate of drug-likeness (QED) is 0.397. The van der Waals surface area contributed by atoms with Gasteiger partial charge in [-0.2, -0.15) is 0 Å². The van der Waals surface area contributed by atoms with Crippen molar-refractivity contribution in [1.82, 2.24) is 14.9 Å². The fourth-order valence-electron chi connectivity index (χ4n) is 2.73. The number of carbonyl (C=O) groups is 1. The van der Waals surface area contributed by atoms with Gasteiger partial charge in [0.1, 0.15) is 0 Å². The summed E-state index contributed by atoms with van der Waals surface area (Å²) in [5, 5.41) is 3.23. The van der Waals surface area contributed by atoms with E-state index in [1.165, 1.54) is 7.11 Å². The molecule has 0 amide bonds. The van der Waals surface area contributed by atoms with Crippen LogP contribution >= 0.6 is 0 Å². The van der Waals surface area contributed by atoms with Gasteiger partial charge < -0.3 is 15.0 Å². The number of aliphatic imine (C=N–C) groups is 1. The second-order valence-electron chi connectivity index (χ2n) is 6.71. The summed E-state index contributed by atoms with van der Waals surface area (Å²) in [5.74, 6) is 0.525. The van der Waals surface area contributed by atoms with E-state index in [-0.39, 0.29) is 11.9 Å². The first kappa shape index (κ1) is 20.7. The Morgan fingerprint density at radius 2 is 1.92 bits per heavy atom. The summed E-state index contributed by atoms with van der Waals surface area (Å²) in [5.41, 5.74) is -0.668. The number of rotatable bonds is 6. The summed E-state index contributed by atoms with van der Waals surface area (Å²) in [7, 11) is -1.88. The Hall–Kier alpha value is -1.35. The van der Waals surface area contributed by atoms with Gasteiger partial charge in [-0.1, -0.05) is 0 Å². The molecule has 1 aliphatic heterocycles. The van der Waals surface area contributed by atoms with Crippen LogP contribution in [0.5, 0.6) is 0 Å². The molecule has 0 bridgehead atoms. The molecule has 1 heterocycles. The highest BCUT2D eigenvalue weighted by molar-refractivity contribution is 7.88. The molecule has 2 N–H and O–H groups in total. The molecule has 0 aliphatic carbocycles. The summed E-state index contributed by atoms with van der Waals surface area (Å²) >= 11 is 0. The Kier molecular flexibility index (Phi) is 7.47. The molecule has 0 radical (unpaired) electrons. The van der Waals surface area contributed by atoms with Gasteiger partial charge in [0, 0.05) is 25.2 Å². The summed E-state index contributed by atoms with van der Waals surface area (Å²) in [6, 6.07) is 0. The van der Waals surface area contributed by atoms with E-state index in [0.717, 1.165) is 31.6 Å². The lowest BCUT2D eigenvalue weighted by Gasteiger charge is -2.34. The third-order valence-electron chi connectivity index (χ3n) is 3.75. The number of likely N-dealkylation sites (tertiary alicyclic amines) is 1. The predicted octanol–water partition coefficient (Wildman–Crippen LogP) is 0.165. The minimum absolute atomic E-state index is 0.0579. The molecule has 0 atom stereocenters. The normalized spacial score (nSPS) is 17.7. The minimum Gasteiger partial charge on any atom is -0.469 e. The standard InChI is InChI=1S/C15H30N4O4S/c1-6-16-14(17-11-15(2,3)18-24(5,21)22)19-9-7-12(8-10-19)13(20)23-4/h12,18H,6-11H2,1-5H3,(H,16,17). The van der Waals surface area contributed by atoms with Gasteiger partial charge in [-0.05, 0) is 33.6 Å². The van der Waals surface area contributed by atoms with E-state index in [9.17, 15) is 13.2 Å². The lowest BCUT2D eigenvalue weighted by Crippen LogP contribution is -2.49. The zero-order chi connectivity index (χ0) is 18.4. The molecular weight excluding hydrogens is 332 g/mol. The Morgan fingerprint density at radius 1 is 1.33 bits per heavy atom. The molecule has 140 valence electrons. The Labute approximate surface area is 145 Å².